The minimum absolute atomic E-state index is 0.497. The van der Waals surface area contributed by atoms with Crippen LogP contribution in [0.2, 0.25) is 0 Å². The number of aryl methyl sites for hydroxylation is 2. The van der Waals surface area contributed by atoms with Gasteiger partial charge in [-0.1, -0.05) is 0 Å². The van der Waals surface area contributed by atoms with Crippen LogP contribution in [0, 0.1) is 19.1 Å². The Morgan fingerprint density at radius 1 is 1.43 bits per heavy atom. The molecule has 0 spiro atoms. The number of hydrogen-bond acceptors (Lipinski definition) is 4. The number of nitrogens with zero attached hydrogens (tertiary/aromatic N) is 2. The Hall–Kier alpha value is -1.75. The maximum absolute atomic E-state index is 11.7. The summed E-state index contributed by atoms with van der Waals surface area (Å²) in [4.78, 5) is 4.79. The van der Waals surface area contributed by atoms with Gasteiger partial charge in [-0.05, 0) is 25.5 Å². The summed E-state index contributed by atoms with van der Waals surface area (Å²) in [6, 6.07) is 3.61. The van der Waals surface area contributed by atoms with Crippen LogP contribution >= 0.6 is 0 Å². The first-order valence-corrected chi connectivity index (χ1v) is 4.26. The van der Waals surface area contributed by atoms with Crippen molar-refractivity contribution in [3.05, 3.63) is 41.1 Å². The molecule has 0 bridgehead atoms. The quantitative estimate of drug-likeness (QED) is 0.526. The fraction of sp³-hybridized carbons (Fsp3) is 0.222. The van der Waals surface area contributed by atoms with Crippen LogP contribution < -0.4 is 15.3 Å². The standard InChI is InChI=1S/C9H11N3O2/c1-7-5-8(2)12(13)9(6-7)11-3-4-14-10-11/h3-6,10H,1-2H3. The van der Waals surface area contributed by atoms with Gasteiger partial charge in [0.05, 0.1) is 0 Å². The molecule has 2 heterocycles. The molecule has 0 aliphatic carbocycles. The number of aromatic nitrogens is 1. The molecule has 1 aliphatic rings. The third kappa shape index (κ3) is 1.38. The van der Waals surface area contributed by atoms with Gasteiger partial charge in [0.1, 0.15) is 5.69 Å². The number of rotatable bonds is 1. The van der Waals surface area contributed by atoms with Gasteiger partial charge in [0.2, 0.25) is 0 Å². The van der Waals surface area contributed by atoms with Crippen molar-refractivity contribution < 1.29 is 9.57 Å². The predicted molar refractivity (Wildman–Crippen MR) is 50.7 cm³/mol. The molecule has 74 valence electrons. The van der Waals surface area contributed by atoms with E-state index < -0.39 is 0 Å². The second-order valence-corrected chi connectivity index (χ2v) is 3.19. The number of nitrogens with one attached hydrogen (secondary N) is 1. The molecule has 1 aromatic rings. The zero-order valence-electron chi connectivity index (χ0n) is 8.02. The number of hydrogen-bond donors (Lipinski definition) is 1. The van der Waals surface area contributed by atoms with Crippen LogP contribution in [0.25, 0.3) is 0 Å². The van der Waals surface area contributed by atoms with E-state index in [1.807, 2.05) is 13.0 Å². The van der Waals surface area contributed by atoms with E-state index in [9.17, 15) is 5.21 Å². The van der Waals surface area contributed by atoms with Gasteiger partial charge in [-0.25, -0.2) is 4.73 Å². The van der Waals surface area contributed by atoms with Crippen LogP contribution in [-0.4, -0.2) is 0 Å². The summed E-state index contributed by atoms with van der Waals surface area (Å²) in [5.74, 6) is 0.497. The van der Waals surface area contributed by atoms with E-state index in [-0.39, 0.29) is 0 Å². The lowest BCUT2D eigenvalue weighted by atomic mass is 10.2. The minimum atomic E-state index is 0.497. The van der Waals surface area contributed by atoms with E-state index in [4.69, 9.17) is 4.84 Å². The molecule has 0 amide bonds. The lowest BCUT2D eigenvalue weighted by Gasteiger charge is -2.15. The first-order valence-electron chi connectivity index (χ1n) is 4.26. The molecule has 1 aliphatic heterocycles. The van der Waals surface area contributed by atoms with Crippen molar-refractivity contribution in [3.8, 4) is 0 Å². The molecule has 0 unspecified atom stereocenters. The monoisotopic (exact) mass is 193 g/mol. The summed E-state index contributed by atoms with van der Waals surface area (Å²) in [5, 5.41) is 13.2. The summed E-state index contributed by atoms with van der Waals surface area (Å²) >= 11 is 0. The number of hydrazine groups is 1. The zero-order chi connectivity index (χ0) is 10.1. The lowest BCUT2D eigenvalue weighted by molar-refractivity contribution is -0.599. The Bertz CT molecular complexity index is 390. The molecule has 0 aromatic carbocycles. The molecule has 5 nitrogen and oxygen atoms in total. The maximum Gasteiger partial charge on any atom is 0.306 e. The van der Waals surface area contributed by atoms with Gasteiger partial charge in [0, 0.05) is 11.7 Å². The van der Waals surface area contributed by atoms with Gasteiger partial charge in [-0.2, -0.15) is 0 Å². The molecule has 14 heavy (non-hydrogen) atoms. The highest BCUT2D eigenvalue weighted by Crippen LogP contribution is 2.12. The highest BCUT2D eigenvalue weighted by atomic mass is 16.7. The second kappa shape index (κ2) is 3.19. The Morgan fingerprint density at radius 2 is 2.21 bits per heavy atom. The van der Waals surface area contributed by atoms with E-state index in [0.717, 1.165) is 10.3 Å². The maximum atomic E-state index is 11.7. The molecular weight excluding hydrogens is 182 g/mol. The molecule has 0 saturated carbocycles. The van der Waals surface area contributed by atoms with E-state index in [2.05, 4.69) is 5.59 Å². The summed E-state index contributed by atoms with van der Waals surface area (Å²) in [6.45, 7) is 3.71. The molecule has 1 N–H and O–H groups in total. The third-order valence-corrected chi connectivity index (χ3v) is 2.00. The molecule has 0 fully saturated rings. The van der Waals surface area contributed by atoms with Crippen molar-refractivity contribution in [2.24, 2.45) is 0 Å². The predicted octanol–water partition coefficient (Wildman–Crippen LogP) is 0.664. The Kier molecular flexibility index (Phi) is 2.01. The van der Waals surface area contributed by atoms with Gasteiger partial charge < -0.3 is 10.0 Å². The molecular formula is C9H11N3O2. The first-order chi connectivity index (χ1) is 6.68. The highest BCUT2D eigenvalue weighted by Gasteiger charge is 2.19. The molecule has 1 aromatic heterocycles. The van der Waals surface area contributed by atoms with E-state index in [1.54, 1.807) is 19.2 Å². The number of pyridine rings is 1. The SMILES string of the molecule is Cc1cc(C)[n+]([O-])c(N2C=CON2)c1. The summed E-state index contributed by atoms with van der Waals surface area (Å²) in [7, 11) is 0. The van der Waals surface area contributed by atoms with Gasteiger partial charge in [0.15, 0.2) is 12.5 Å². The van der Waals surface area contributed by atoms with Crippen molar-refractivity contribution in [3.63, 3.8) is 0 Å². The van der Waals surface area contributed by atoms with E-state index in [0.29, 0.717) is 11.5 Å². The third-order valence-electron chi connectivity index (χ3n) is 2.00. The lowest BCUT2D eigenvalue weighted by Crippen LogP contribution is -2.41. The Labute approximate surface area is 81.7 Å². The molecule has 0 radical (unpaired) electrons. The minimum Gasteiger partial charge on any atom is -0.710 e. The summed E-state index contributed by atoms with van der Waals surface area (Å²) in [6.07, 6.45) is 3.11. The van der Waals surface area contributed by atoms with Crippen molar-refractivity contribution in [1.29, 1.82) is 0 Å². The van der Waals surface area contributed by atoms with Gasteiger partial charge in [-0.15, -0.1) is 5.01 Å². The second-order valence-electron chi connectivity index (χ2n) is 3.19. The topological polar surface area (TPSA) is 51.4 Å². The fourth-order valence-corrected chi connectivity index (χ4v) is 1.37. The Morgan fingerprint density at radius 3 is 2.86 bits per heavy atom. The molecule has 0 saturated heterocycles. The van der Waals surface area contributed by atoms with Crippen LogP contribution in [0.15, 0.2) is 24.6 Å². The normalized spacial score (nSPS) is 14.6. The number of anilines is 1. The van der Waals surface area contributed by atoms with E-state index >= 15 is 0 Å². The van der Waals surface area contributed by atoms with Crippen LogP contribution in [0.5, 0.6) is 0 Å². The van der Waals surface area contributed by atoms with Crippen LogP contribution in [0.4, 0.5) is 5.82 Å². The van der Waals surface area contributed by atoms with Crippen molar-refractivity contribution in [2.75, 3.05) is 5.01 Å². The van der Waals surface area contributed by atoms with Crippen LogP contribution in [0.1, 0.15) is 11.3 Å². The summed E-state index contributed by atoms with van der Waals surface area (Å²) in [5.41, 5.74) is 4.26. The first kappa shape index (κ1) is 8.83. The van der Waals surface area contributed by atoms with Gasteiger partial charge in [0.25, 0.3) is 0 Å². The molecule has 2 rings (SSSR count). The van der Waals surface area contributed by atoms with Crippen molar-refractivity contribution in [1.82, 2.24) is 5.59 Å². The van der Waals surface area contributed by atoms with Gasteiger partial charge in [-0.3, -0.25) is 0 Å². The Balaban J connectivity index is 2.46. The average Bonchev–Trinajstić information content (AvgIpc) is 2.63. The zero-order valence-corrected chi connectivity index (χ0v) is 8.02. The van der Waals surface area contributed by atoms with E-state index in [1.165, 1.54) is 11.3 Å². The van der Waals surface area contributed by atoms with Crippen LogP contribution in [-0.2, 0) is 4.84 Å². The fourth-order valence-electron chi connectivity index (χ4n) is 1.37. The highest BCUT2D eigenvalue weighted by molar-refractivity contribution is 5.39. The van der Waals surface area contributed by atoms with Crippen LogP contribution in [0.3, 0.4) is 0 Å². The summed E-state index contributed by atoms with van der Waals surface area (Å²) < 4.78 is 0.846. The molecule has 5 heteroatoms. The van der Waals surface area contributed by atoms with Crippen molar-refractivity contribution >= 4 is 5.82 Å². The van der Waals surface area contributed by atoms with Gasteiger partial charge >= 0.3 is 5.82 Å². The smallest absolute Gasteiger partial charge is 0.306 e. The largest absolute Gasteiger partial charge is 0.710 e. The average molecular weight is 193 g/mol. The van der Waals surface area contributed by atoms with Crippen molar-refractivity contribution in [2.45, 2.75) is 13.8 Å². The molecule has 0 atom stereocenters.